The van der Waals surface area contributed by atoms with Crippen LogP contribution in [0.1, 0.15) is 15.9 Å². The lowest BCUT2D eigenvalue weighted by atomic mass is 10.2. The van der Waals surface area contributed by atoms with Crippen LogP contribution in [0.5, 0.6) is 11.6 Å². The summed E-state index contributed by atoms with van der Waals surface area (Å²) in [5, 5.41) is 2.63. The first-order chi connectivity index (χ1) is 11.8. The molecule has 1 aromatic carbocycles. The van der Waals surface area contributed by atoms with Crippen LogP contribution in [-0.4, -0.2) is 36.8 Å². The Labute approximate surface area is 142 Å². The van der Waals surface area contributed by atoms with Gasteiger partial charge in [-0.05, 0) is 25.1 Å². The molecule has 25 heavy (non-hydrogen) atoms. The number of amides is 1. The van der Waals surface area contributed by atoms with E-state index in [9.17, 15) is 18.0 Å². The van der Waals surface area contributed by atoms with Crippen molar-refractivity contribution in [2.75, 3.05) is 19.8 Å². The Hall–Kier alpha value is -2.77. The third-order valence-corrected chi connectivity index (χ3v) is 3.06. The minimum absolute atomic E-state index is 0.198. The highest BCUT2D eigenvalue weighted by Gasteiger charge is 2.28. The number of nitrogens with one attached hydrogen (secondary N) is 1. The zero-order valence-electron chi connectivity index (χ0n) is 13.5. The number of hydrogen-bond donors (Lipinski definition) is 1. The SMILES string of the molecule is Cc1ccc(OCCNC(=O)c2ccc(OCC(F)(F)F)nc2)cc1. The first kappa shape index (κ1) is 18.6. The highest BCUT2D eigenvalue weighted by molar-refractivity contribution is 5.93. The third kappa shape index (κ3) is 6.70. The van der Waals surface area contributed by atoms with Crippen LogP contribution in [-0.2, 0) is 0 Å². The standard InChI is InChI=1S/C17H17F3N2O3/c1-12-2-5-14(6-3-12)24-9-8-21-16(23)13-4-7-15(22-10-13)25-11-17(18,19)20/h2-7,10H,8-9,11H2,1H3,(H,21,23). The molecule has 0 fully saturated rings. The minimum atomic E-state index is -4.44. The van der Waals surface area contributed by atoms with E-state index in [4.69, 9.17) is 4.74 Å². The number of aromatic nitrogens is 1. The van der Waals surface area contributed by atoms with Crippen LogP contribution in [0.2, 0.25) is 0 Å². The molecular formula is C17H17F3N2O3. The van der Waals surface area contributed by atoms with E-state index >= 15 is 0 Å². The van der Waals surface area contributed by atoms with E-state index in [1.165, 1.54) is 12.1 Å². The number of rotatable bonds is 7. The normalized spacial score (nSPS) is 11.0. The number of halogens is 3. The van der Waals surface area contributed by atoms with Gasteiger partial charge in [0.1, 0.15) is 12.4 Å². The molecular weight excluding hydrogens is 337 g/mol. The molecule has 0 saturated heterocycles. The Morgan fingerprint density at radius 3 is 2.44 bits per heavy atom. The van der Waals surface area contributed by atoms with Crippen LogP contribution in [0.15, 0.2) is 42.6 Å². The predicted octanol–water partition coefficient (Wildman–Crippen LogP) is 3.14. The molecule has 0 radical (unpaired) electrons. The maximum atomic E-state index is 12.0. The molecule has 0 atom stereocenters. The Morgan fingerprint density at radius 1 is 1.12 bits per heavy atom. The van der Waals surface area contributed by atoms with Gasteiger partial charge in [-0.2, -0.15) is 13.2 Å². The Kier molecular flexibility index (Phi) is 6.21. The van der Waals surface area contributed by atoms with Crippen molar-refractivity contribution in [3.05, 3.63) is 53.7 Å². The number of carbonyl (C=O) groups is 1. The van der Waals surface area contributed by atoms with Gasteiger partial charge in [0.25, 0.3) is 5.91 Å². The van der Waals surface area contributed by atoms with Gasteiger partial charge in [0.05, 0.1) is 12.1 Å². The number of pyridine rings is 1. The van der Waals surface area contributed by atoms with Gasteiger partial charge in [-0.25, -0.2) is 4.98 Å². The molecule has 0 saturated carbocycles. The van der Waals surface area contributed by atoms with Crippen molar-refractivity contribution in [1.29, 1.82) is 0 Å². The lowest BCUT2D eigenvalue weighted by Gasteiger charge is -2.09. The fraction of sp³-hybridized carbons (Fsp3) is 0.294. The van der Waals surface area contributed by atoms with Crippen molar-refractivity contribution in [3.63, 3.8) is 0 Å². The number of ether oxygens (including phenoxy) is 2. The summed E-state index contributed by atoms with van der Waals surface area (Å²) in [6.45, 7) is 1.10. The zero-order valence-corrected chi connectivity index (χ0v) is 13.5. The van der Waals surface area contributed by atoms with Crippen LogP contribution in [0.4, 0.5) is 13.2 Å². The van der Waals surface area contributed by atoms with Crippen molar-refractivity contribution in [3.8, 4) is 11.6 Å². The van der Waals surface area contributed by atoms with Gasteiger partial charge in [-0.15, -0.1) is 0 Å². The molecule has 2 aromatic rings. The second-order valence-corrected chi connectivity index (χ2v) is 5.21. The van der Waals surface area contributed by atoms with Crippen molar-refractivity contribution >= 4 is 5.91 Å². The molecule has 0 spiro atoms. The molecule has 1 aromatic heterocycles. The summed E-state index contributed by atoms with van der Waals surface area (Å²) in [5.74, 6) is 0.103. The van der Waals surface area contributed by atoms with E-state index in [0.29, 0.717) is 5.75 Å². The van der Waals surface area contributed by atoms with Gasteiger partial charge in [0, 0.05) is 12.3 Å². The number of alkyl halides is 3. The summed E-state index contributed by atoms with van der Waals surface area (Å²) in [4.78, 5) is 15.6. The van der Waals surface area contributed by atoms with E-state index < -0.39 is 18.7 Å². The molecule has 0 bridgehead atoms. The van der Waals surface area contributed by atoms with Crippen LogP contribution in [0.3, 0.4) is 0 Å². The number of nitrogens with zero attached hydrogens (tertiary/aromatic N) is 1. The summed E-state index contributed by atoms with van der Waals surface area (Å²) in [7, 11) is 0. The van der Waals surface area contributed by atoms with E-state index in [1.807, 2.05) is 31.2 Å². The fourth-order valence-corrected chi connectivity index (χ4v) is 1.83. The van der Waals surface area contributed by atoms with E-state index in [2.05, 4.69) is 15.0 Å². The van der Waals surface area contributed by atoms with E-state index in [-0.39, 0.29) is 24.6 Å². The predicted molar refractivity (Wildman–Crippen MR) is 84.8 cm³/mol. The molecule has 5 nitrogen and oxygen atoms in total. The van der Waals surface area contributed by atoms with Crippen molar-refractivity contribution < 1.29 is 27.4 Å². The summed E-state index contributed by atoms with van der Waals surface area (Å²) in [5.41, 5.74) is 1.34. The van der Waals surface area contributed by atoms with Gasteiger partial charge in [0.15, 0.2) is 6.61 Å². The topological polar surface area (TPSA) is 60.5 Å². The monoisotopic (exact) mass is 354 g/mol. The molecule has 8 heteroatoms. The first-order valence-corrected chi connectivity index (χ1v) is 7.47. The molecule has 134 valence electrons. The Balaban J connectivity index is 1.74. The lowest BCUT2D eigenvalue weighted by molar-refractivity contribution is -0.154. The van der Waals surface area contributed by atoms with Gasteiger partial charge in [-0.1, -0.05) is 17.7 Å². The third-order valence-electron chi connectivity index (χ3n) is 3.06. The Bertz CT molecular complexity index is 686. The maximum absolute atomic E-state index is 12.0. The highest BCUT2D eigenvalue weighted by atomic mass is 19.4. The minimum Gasteiger partial charge on any atom is -0.492 e. The second kappa shape index (κ2) is 8.36. The molecule has 0 aliphatic rings. The Morgan fingerprint density at radius 2 is 1.84 bits per heavy atom. The summed E-state index contributed by atoms with van der Waals surface area (Å²) < 4.78 is 46.1. The average Bonchev–Trinajstić information content (AvgIpc) is 2.58. The largest absolute Gasteiger partial charge is 0.492 e. The van der Waals surface area contributed by atoms with E-state index in [0.717, 1.165) is 11.8 Å². The van der Waals surface area contributed by atoms with E-state index in [1.54, 1.807) is 0 Å². The zero-order chi connectivity index (χ0) is 18.3. The molecule has 0 aliphatic heterocycles. The average molecular weight is 354 g/mol. The van der Waals surface area contributed by atoms with Crippen LogP contribution >= 0.6 is 0 Å². The molecule has 2 rings (SSSR count). The molecule has 1 amide bonds. The van der Waals surface area contributed by atoms with Gasteiger partial charge in [-0.3, -0.25) is 4.79 Å². The molecule has 1 heterocycles. The first-order valence-electron chi connectivity index (χ1n) is 7.47. The van der Waals surface area contributed by atoms with Crippen molar-refractivity contribution in [2.45, 2.75) is 13.1 Å². The number of benzene rings is 1. The lowest BCUT2D eigenvalue weighted by Crippen LogP contribution is -2.28. The van der Waals surface area contributed by atoms with Crippen molar-refractivity contribution in [1.82, 2.24) is 10.3 Å². The van der Waals surface area contributed by atoms with Gasteiger partial charge < -0.3 is 14.8 Å². The molecule has 1 N–H and O–H groups in total. The van der Waals surface area contributed by atoms with Crippen LogP contribution in [0, 0.1) is 6.92 Å². The van der Waals surface area contributed by atoms with Gasteiger partial charge >= 0.3 is 6.18 Å². The highest BCUT2D eigenvalue weighted by Crippen LogP contribution is 2.17. The van der Waals surface area contributed by atoms with Gasteiger partial charge in [0.2, 0.25) is 5.88 Å². The smallest absolute Gasteiger partial charge is 0.422 e. The summed E-state index contributed by atoms with van der Waals surface area (Å²) in [6, 6.07) is 10.1. The molecule has 0 unspecified atom stereocenters. The number of carbonyl (C=O) groups excluding carboxylic acids is 1. The number of aryl methyl sites for hydroxylation is 1. The molecule has 0 aliphatic carbocycles. The van der Waals surface area contributed by atoms with Crippen LogP contribution < -0.4 is 14.8 Å². The maximum Gasteiger partial charge on any atom is 0.422 e. The fourth-order valence-electron chi connectivity index (χ4n) is 1.83. The number of hydrogen-bond acceptors (Lipinski definition) is 4. The summed E-state index contributed by atoms with van der Waals surface area (Å²) in [6.07, 6.45) is -3.28. The second-order valence-electron chi connectivity index (χ2n) is 5.21. The van der Waals surface area contributed by atoms with Crippen molar-refractivity contribution in [2.24, 2.45) is 0 Å². The quantitative estimate of drug-likeness (QED) is 0.776. The summed E-state index contributed by atoms with van der Waals surface area (Å²) >= 11 is 0. The van der Waals surface area contributed by atoms with Crippen LogP contribution in [0.25, 0.3) is 0 Å².